The molecule has 140 valence electrons. The number of nitrogens with zero attached hydrogens (tertiary/aromatic N) is 2. The fourth-order valence-corrected chi connectivity index (χ4v) is 4.97. The molecule has 1 heterocycles. The van der Waals surface area contributed by atoms with E-state index in [1.807, 2.05) is 0 Å². The Labute approximate surface area is 159 Å². The Morgan fingerprint density at radius 2 is 1.56 bits per heavy atom. The van der Waals surface area contributed by atoms with Crippen molar-refractivity contribution in [1.29, 1.82) is 0 Å². The van der Waals surface area contributed by atoms with Crippen molar-refractivity contribution >= 4 is 39.9 Å². The molecule has 1 aliphatic heterocycles. The number of nitrogens with two attached hydrogens (primary N) is 1. The SMILES string of the molecule is Cl.NC1(C(=O)N2CCN(S(=O)(=O)c3ccc(Cl)cc3)CC2)CCCC1. The van der Waals surface area contributed by atoms with E-state index >= 15 is 0 Å². The summed E-state index contributed by atoms with van der Waals surface area (Å²) in [4.78, 5) is 14.5. The van der Waals surface area contributed by atoms with Gasteiger partial charge < -0.3 is 10.6 Å². The van der Waals surface area contributed by atoms with Crippen LogP contribution in [0.25, 0.3) is 0 Å². The fourth-order valence-electron chi connectivity index (χ4n) is 3.42. The smallest absolute Gasteiger partial charge is 0.243 e. The molecule has 0 spiro atoms. The van der Waals surface area contributed by atoms with Crippen molar-refractivity contribution in [2.75, 3.05) is 26.2 Å². The largest absolute Gasteiger partial charge is 0.338 e. The number of piperazine rings is 1. The van der Waals surface area contributed by atoms with Crippen LogP contribution in [0.15, 0.2) is 29.2 Å². The number of halogens is 2. The second kappa shape index (κ2) is 7.80. The van der Waals surface area contributed by atoms with Crippen LogP contribution in [0.5, 0.6) is 0 Å². The minimum Gasteiger partial charge on any atom is -0.338 e. The van der Waals surface area contributed by atoms with Gasteiger partial charge in [0.05, 0.1) is 10.4 Å². The molecule has 0 radical (unpaired) electrons. The van der Waals surface area contributed by atoms with Gasteiger partial charge >= 0.3 is 0 Å². The number of sulfonamides is 1. The second-order valence-electron chi connectivity index (χ2n) is 6.51. The highest BCUT2D eigenvalue weighted by molar-refractivity contribution is 7.89. The first-order valence-electron chi connectivity index (χ1n) is 8.17. The highest BCUT2D eigenvalue weighted by atomic mass is 35.5. The first kappa shape index (κ1) is 20.5. The lowest BCUT2D eigenvalue weighted by molar-refractivity contribution is -0.138. The lowest BCUT2D eigenvalue weighted by Crippen LogP contribution is -2.59. The van der Waals surface area contributed by atoms with Crippen molar-refractivity contribution in [3.8, 4) is 0 Å². The maximum Gasteiger partial charge on any atom is 0.243 e. The number of rotatable bonds is 3. The average molecular weight is 408 g/mol. The van der Waals surface area contributed by atoms with Gasteiger partial charge in [-0.25, -0.2) is 8.42 Å². The number of benzene rings is 1. The van der Waals surface area contributed by atoms with Crippen molar-refractivity contribution in [3.05, 3.63) is 29.3 Å². The highest BCUT2D eigenvalue weighted by Crippen LogP contribution is 2.29. The van der Waals surface area contributed by atoms with Gasteiger partial charge in [0.1, 0.15) is 0 Å². The van der Waals surface area contributed by atoms with Crippen LogP contribution in [0.3, 0.4) is 0 Å². The van der Waals surface area contributed by atoms with E-state index in [-0.39, 0.29) is 36.3 Å². The summed E-state index contributed by atoms with van der Waals surface area (Å²) in [6, 6.07) is 6.13. The van der Waals surface area contributed by atoms with Gasteiger partial charge in [0.25, 0.3) is 0 Å². The van der Waals surface area contributed by atoms with Gasteiger partial charge in [0, 0.05) is 31.2 Å². The molecule has 9 heteroatoms. The molecule has 0 aromatic heterocycles. The Morgan fingerprint density at radius 3 is 2.08 bits per heavy atom. The van der Waals surface area contributed by atoms with E-state index in [2.05, 4.69) is 0 Å². The fraction of sp³-hybridized carbons (Fsp3) is 0.562. The molecule has 3 rings (SSSR count). The molecule has 6 nitrogen and oxygen atoms in total. The number of hydrogen-bond acceptors (Lipinski definition) is 4. The van der Waals surface area contributed by atoms with Crippen molar-refractivity contribution in [2.24, 2.45) is 5.73 Å². The zero-order valence-electron chi connectivity index (χ0n) is 13.9. The van der Waals surface area contributed by atoms with Crippen LogP contribution in [0.2, 0.25) is 5.02 Å². The molecule has 2 N–H and O–H groups in total. The lowest BCUT2D eigenvalue weighted by atomic mass is 9.97. The van der Waals surface area contributed by atoms with E-state index in [0.717, 1.165) is 25.7 Å². The van der Waals surface area contributed by atoms with Gasteiger partial charge in [-0.15, -0.1) is 12.4 Å². The molecule has 1 aromatic rings. The number of hydrogen-bond donors (Lipinski definition) is 1. The minimum absolute atomic E-state index is 0. The summed E-state index contributed by atoms with van der Waals surface area (Å²) < 4.78 is 26.7. The van der Waals surface area contributed by atoms with Crippen molar-refractivity contribution in [3.63, 3.8) is 0 Å². The minimum atomic E-state index is -3.56. The molecule has 1 aromatic carbocycles. The highest BCUT2D eigenvalue weighted by Gasteiger charge is 2.41. The molecule has 1 saturated heterocycles. The standard InChI is InChI=1S/C16H22ClN3O3S.ClH/c17-13-3-5-14(6-4-13)24(22,23)20-11-9-19(10-12-20)15(21)16(18)7-1-2-8-16;/h3-6H,1-2,7-12,18H2;1H. The Hall–Kier alpha value is -0.860. The number of carbonyl (C=O) groups is 1. The summed E-state index contributed by atoms with van der Waals surface area (Å²) in [7, 11) is -3.56. The molecule has 1 amide bonds. The van der Waals surface area contributed by atoms with Crippen LogP contribution < -0.4 is 5.73 Å². The van der Waals surface area contributed by atoms with Gasteiger partial charge in [-0.2, -0.15) is 4.31 Å². The third-order valence-corrected chi connectivity index (χ3v) is 7.06. The van der Waals surface area contributed by atoms with E-state index in [1.165, 1.54) is 16.4 Å². The molecule has 0 unspecified atom stereocenters. The molecule has 25 heavy (non-hydrogen) atoms. The zero-order chi connectivity index (χ0) is 17.4. The van der Waals surface area contributed by atoms with Gasteiger partial charge in [0.2, 0.25) is 15.9 Å². The summed E-state index contributed by atoms with van der Waals surface area (Å²) in [6.45, 7) is 1.33. The summed E-state index contributed by atoms with van der Waals surface area (Å²) in [5.74, 6) is -0.0384. The van der Waals surface area contributed by atoms with Crippen molar-refractivity contribution < 1.29 is 13.2 Å². The monoisotopic (exact) mass is 407 g/mol. The Morgan fingerprint density at radius 1 is 1.04 bits per heavy atom. The summed E-state index contributed by atoms with van der Waals surface area (Å²) in [5.41, 5.74) is 5.47. The summed E-state index contributed by atoms with van der Waals surface area (Å²) >= 11 is 5.81. The second-order valence-corrected chi connectivity index (χ2v) is 8.89. The predicted molar refractivity (Wildman–Crippen MR) is 99.4 cm³/mol. The molecule has 1 aliphatic carbocycles. The first-order valence-corrected chi connectivity index (χ1v) is 9.99. The number of carbonyl (C=O) groups excluding carboxylic acids is 1. The van der Waals surface area contributed by atoms with Gasteiger partial charge in [0.15, 0.2) is 0 Å². The van der Waals surface area contributed by atoms with E-state index in [9.17, 15) is 13.2 Å². The van der Waals surface area contributed by atoms with Crippen LogP contribution in [0, 0.1) is 0 Å². The van der Waals surface area contributed by atoms with Crippen molar-refractivity contribution in [1.82, 2.24) is 9.21 Å². The normalized spacial score (nSPS) is 21.0. The Bertz CT molecular complexity index is 711. The summed E-state index contributed by atoms with van der Waals surface area (Å²) in [6.07, 6.45) is 3.39. The van der Waals surface area contributed by atoms with Gasteiger partial charge in [-0.05, 0) is 37.1 Å². The van der Waals surface area contributed by atoms with E-state index in [1.54, 1.807) is 17.0 Å². The first-order chi connectivity index (χ1) is 11.3. The van der Waals surface area contributed by atoms with Crippen LogP contribution in [0.4, 0.5) is 0 Å². The Kier molecular flexibility index (Phi) is 6.38. The number of amides is 1. The van der Waals surface area contributed by atoms with Crippen LogP contribution in [-0.4, -0.2) is 55.2 Å². The quantitative estimate of drug-likeness (QED) is 0.828. The van der Waals surface area contributed by atoms with E-state index in [0.29, 0.717) is 18.1 Å². The molecule has 1 saturated carbocycles. The third-order valence-electron chi connectivity index (χ3n) is 4.90. The summed E-state index contributed by atoms with van der Waals surface area (Å²) in [5, 5.41) is 0.495. The molecule has 2 aliphatic rings. The molecular formula is C16H23Cl2N3O3S. The lowest BCUT2D eigenvalue weighted by Gasteiger charge is -2.37. The maximum absolute atomic E-state index is 12.6. The van der Waals surface area contributed by atoms with Crippen LogP contribution in [0.1, 0.15) is 25.7 Å². The third kappa shape index (κ3) is 4.11. The van der Waals surface area contributed by atoms with E-state index < -0.39 is 15.6 Å². The van der Waals surface area contributed by atoms with E-state index in [4.69, 9.17) is 17.3 Å². The molecular weight excluding hydrogens is 385 g/mol. The molecule has 0 atom stereocenters. The van der Waals surface area contributed by atoms with Crippen LogP contribution >= 0.6 is 24.0 Å². The topological polar surface area (TPSA) is 83.7 Å². The van der Waals surface area contributed by atoms with Crippen LogP contribution in [-0.2, 0) is 14.8 Å². The zero-order valence-corrected chi connectivity index (χ0v) is 16.2. The van der Waals surface area contributed by atoms with Crippen molar-refractivity contribution in [2.45, 2.75) is 36.1 Å². The predicted octanol–water partition coefficient (Wildman–Crippen LogP) is 1.87. The Balaban J connectivity index is 0.00000225. The average Bonchev–Trinajstić information content (AvgIpc) is 3.03. The van der Waals surface area contributed by atoms with Gasteiger partial charge in [-0.3, -0.25) is 4.79 Å². The molecule has 2 fully saturated rings. The molecule has 0 bridgehead atoms. The maximum atomic E-state index is 12.6. The van der Waals surface area contributed by atoms with Gasteiger partial charge in [-0.1, -0.05) is 24.4 Å².